The molecule has 0 saturated heterocycles. The first-order valence-corrected chi connectivity index (χ1v) is 11.6. The maximum atomic E-state index is 12.8. The Morgan fingerprint density at radius 2 is 1.62 bits per heavy atom. The van der Waals surface area contributed by atoms with Gasteiger partial charge in [-0.05, 0) is 73.2 Å². The summed E-state index contributed by atoms with van der Waals surface area (Å²) >= 11 is 0. The topological polar surface area (TPSA) is 131 Å². The number of hydrogen-bond acceptors (Lipinski definition) is 6. The predicted molar refractivity (Wildman–Crippen MR) is 129 cm³/mol. The van der Waals surface area contributed by atoms with Crippen LogP contribution in [-0.2, 0) is 14.8 Å². The summed E-state index contributed by atoms with van der Waals surface area (Å²) in [6.07, 6.45) is 1.45. The van der Waals surface area contributed by atoms with Crippen molar-refractivity contribution in [1.29, 1.82) is 0 Å². The van der Waals surface area contributed by atoms with Crippen LogP contribution < -0.4 is 20.2 Å². The second-order valence-electron chi connectivity index (χ2n) is 7.36. The number of hydrogen-bond donors (Lipinski definition) is 2. The van der Waals surface area contributed by atoms with E-state index < -0.39 is 21.8 Å². The molecule has 3 aromatic carbocycles. The Kier molecular flexibility index (Phi) is 7.64. The Hall–Kier alpha value is -4.18. The van der Waals surface area contributed by atoms with Crippen LogP contribution in [0.1, 0.15) is 21.5 Å². The van der Waals surface area contributed by atoms with Crippen molar-refractivity contribution < 1.29 is 22.7 Å². The van der Waals surface area contributed by atoms with E-state index >= 15 is 0 Å². The molecule has 0 aliphatic rings. The molecule has 176 valence electrons. The highest BCUT2D eigenvalue weighted by atomic mass is 32.2. The molecule has 34 heavy (non-hydrogen) atoms. The normalized spacial score (nSPS) is 11.2. The zero-order valence-corrected chi connectivity index (χ0v) is 19.5. The number of nitrogens with zero attached hydrogens (tertiary/aromatic N) is 2. The van der Waals surface area contributed by atoms with Crippen LogP contribution in [0.5, 0.6) is 5.75 Å². The number of carbonyl (C=O) groups excluding carboxylic acids is 2. The fraction of sp³-hybridized carbons (Fsp3) is 0.125. The molecule has 0 aliphatic heterocycles. The fourth-order valence-corrected chi connectivity index (χ4v) is 4.06. The van der Waals surface area contributed by atoms with Crippen molar-refractivity contribution in [2.24, 2.45) is 10.8 Å². The number of carbonyl (C=O) groups is 2. The second-order valence-corrected chi connectivity index (χ2v) is 9.32. The average molecular weight is 481 g/mol. The van der Waals surface area contributed by atoms with E-state index in [2.05, 4.69) is 10.5 Å². The van der Waals surface area contributed by atoms with Gasteiger partial charge in [0.1, 0.15) is 5.75 Å². The summed E-state index contributed by atoms with van der Waals surface area (Å²) in [5.41, 5.74) is 9.84. The third-order valence-electron chi connectivity index (χ3n) is 4.81. The first-order chi connectivity index (χ1) is 16.2. The van der Waals surface area contributed by atoms with E-state index in [0.717, 1.165) is 9.87 Å². The fourth-order valence-electron chi connectivity index (χ4n) is 2.86. The largest absolute Gasteiger partial charge is 0.484 e. The molecular weight excluding hydrogens is 456 g/mol. The van der Waals surface area contributed by atoms with Gasteiger partial charge in [-0.1, -0.05) is 17.7 Å². The molecule has 0 saturated carbocycles. The van der Waals surface area contributed by atoms with Crippen molar-refractivity contribution in [2.75, 3.05) is 18.0 Å². The number of nitrogens with two attached hydrogens (primary N) is 1. The summed E-state index contributed by atoms with van der Waals surface area (Å²) < 4.78 is 32.0. The number of sulfonamides is 1. The minimum Gasteiger partial charge on any atom is -0.484 e. The van der Waals surface area contributed by atoms with Gasteiger partial charge in [-0.2, -0.15) is 5.10 Å². The molecule has 0 fully saturated rings. The van der Waals surface area contributed by atoms with Gasteiger partial charge in [0.25, 0.3) is 21.8 Å². The van der Waals surface area contributed by atoms with Crippen molar-refractivity contribution in [3.05, 3.63) is 89.5 Å². The molecule has 0 aromatic heterocycles. The number of aryl methyl sites for hydroxylation is 1. The number of rotatable bonds is 9. The lowest BCUT2D eigenvalue weighted by atomic mass is 10.2. The van der Waals surface area contributed by atoms with Crippen LogP contribution >= 0.6 is 0 Å². The molecular formula is C24H24N4O5S. The summed E-state index contributed by atoms with van der Waals surface area (Å²) in [4.78, 5) is 23.3. The van der Waals surface area contributed by atoms with Crippen molar-refractivity contribution >= 4 is 33.7 Å². The summed E-state index contributed by atoms with van der Waals surface area (Å²) in [6.45, 7) is 1.67. The average Bonchev–Trinajstić information content (AvgIpc) is 2.83. The molecule has 0 atom stereocenters. The highest BCUT2D eigenvalue weighted by Gasteiger charge is 2.21. The first-order valence-electron chi connectivity index (χ1n) is 10.2. The van der Waals surface area contributed by atoms with E-state index in [1.54, 1.807) is 60.7 Å². The quantitative estimate of drug-likeness (QED) is 0.359. The molecule has 0 spiro atoms. The molecule has 0 aliphatic carbocycles. The van der Waals surface area contributed by atoms with Crippen LogP contribution in [0.2, 0.25) is 0 Å². The molecule has 3 rings (SSSR count). The third-order valence-corrected chi connectivity index (χ3v) is 6.61. The molecule has 0 heterocycles. The number of nitrogens with one attached hydrogen (secondary N) is 1. The smallest absolute Gasteiger partial charge is 0.271 e. The predicted octanol–water partition coefficient (Wildman–Crippen LogP) is 2.45. The van der Waals surface area contributed by atoms with E-state index in [-0.39, 0.29) is 11.5 Å². The molecule has 0 bridgehead atoms. The summed E-state index contributed by atoms with van der Waals surface area (Å²) in [5, 5.41) is 3.92. The molecule has 0 radical (unpaired) electrons. The monoisotopic (exact) mass is 480 g/mol. The van der Waals surface area contributed by atoms with Gasteiger partial charge in [0, 0.05) is 12.6 Å². The van der Waals surface area contributed by atoms with E-state index in [4.69, 9.17) is 10.5 Å². The Labute approximate surface area is 197 Å². The highest BCUT2D eigenvalue weighted by Crippen LogP contribution is 2.22. The Morgan fingerprint density at radius 3 is 2.21 bits per heavy atom. The molecule has 0 unspecified atom stereocenters. The highest BCUT2D eigenvalue weighted by molar-refractivity contribution is 7.92. The zero-order chi connectivity index (χ0) is 24.7. The minimum atomic E-state index is -3.72. The van der Waals surface area contributed by atoms with E-state index in [1.807, 2.05) is 6.92 Å². The van der Waals surface area contributed by atoms with E-state index in [0.29, 0.717) is 22.6 Å². The Morgan fingerprint density at radius 1 is 1.00 bits per heavy atom. The van der Waals surface area contributed by atoms with Crippen molar-refractivity contribution in [3.8, 4) is 5.75 Å². The van der Waals surface area contributed by atoms with E-state index in [1.165, 1.54) is 25.4 Å². The van der Waals surface area contributed by atoms with Crippen molar-refractivity contribution in [3.63, 3.8) is 0 Å². The molecule has 3 N–H and O–H groups in total. The summed E-state index contributed by atoms with van der Waals surface area (Å²) in [5.74, 6) is -0.538. The summed E-state index contributed by atoms with van der Waals surface area (Å²) in [6, 6.07) is 19.4. The SMILES string of the molecule is Cc1ccc(S(=O)(=O)N(C)c2ccc(C(=O)N/N=C\c3ccc(OCC(N)=O)cc3)cc2)cc1. The van der Waals surface area contributed by atoms with Crippen LogP contribution in [0.25, 0.3) is 0 Å². The van der Waals surface area contributed by atoms with Crippen molar-refractivity contribution in [1.82, 2.24) is 5.43 Å². The lowest BCUT2D eigenvalue weighted by molar-refractivity contribution is -0.119. The lowest BCUT2D eigenvalue weighted by Gasteiger charge is -2.19. The van der Waals surface area contributed by atoms with Gasteiger partial charge < -0.3 is 10.5 Å². The van der Waals surface area contributed by atoms with Crippen molar-refractivity contribution in [2.45, 2.75) is 11.8 Å². The molecule has 3 aromatic rings. The number of anilines is 1. The van der Waals surface area contributed by atoms with Gasteiger partial charge in [0.05, 0.1) is 16.8 Å². The second kappa shape index (κ2) is 10.6. The number of amides is 2. The number of primary amides is 1. The van der Waals surface area contributed by atoms with Crippen LogP contribution in [-0.4, -0.2) is 40.1 Å². The number of benzene rings is 3. The van der Waals surface area contributed by atoms with Crippen LogP contribution in [0.3, 0.4) is 0 Å². The standard InChI is InChI=1S/C24H24N4O5S/c1-17-3-13-22(14-4-17)34(31,32)28(2)20-9-7-19(8-10-20)24(30)27-26-15-18-5-11-21(12-6-18)33-16-23(25)29/h3-15H,16H2,1-2H3,(H2,25,29)(H,27,30)/b26-15-. The molecule has 2 amide bonds. The Balaban J connectivity index is 1.60. The maximum absolute atomic E-state index is 12.8. The number of ether oxygens (including phenoxy) is 1. The van der Waals surface area contributed by atoms with Gasteiger partial charge in [-0.15, -0.1) is 0 Å². The van der Waals surface area contributed by atoms with Gasteiger partial charge in [-0.25, -0.2) is 13.8 Å². The van der Waals surface area contributed by atoms with Crippen LogP contribution in [0, 0.1) is 6.92 Å². The van der Waals surface area contributed by atoms with Gasteiger partial charge in [0.2, 0.25) is 0 Å². The summed E-state index contributed by atoms with van der Waals surface area (Å²) in [7, 11) is -2.26. The van der Waals surface area contributed by atoms with Gasteiger partial charge in [0.15, 0.2) is 6.61 Å². The van der Waals surface area contributed by atoms with Gasteiger partial charge in [-0.3, -0.25) is 13.9 Å². The van der Waals surface area contributed by atoms with Crippen LogP contribution in [0.4, 0.5) is 5.69 Å². The van der Waals surface area contributed by atoms with Gasteiger partial charge >= 0.3 is 0 Å². The molecule has 9 nitrogen and oxygen atoms in total. The first kappa shape index (κ1) is 24.5. The minimum absolute atomic E-state index is 0.184. The Bertz CT molecular complexity index is 1290. The third kappa shape index (κ3) is 6.20. The van der Waals surface area contributed by atoms with Crippen LogP contribution in [0.15, 0.2) is 82.8 Å². The zero-order valence-electron chi connectivity index (χ0n) is 18.6. The van der Waals surface area contributed by atoms with E-state index in [9.17, 15) is 18.0 Å². The molecule has 10 heteroatoms. The lowest BCUT2D eigenvalue weighted by Crippen LogP contribution is -2.26. The number of hydrazone groups is 1. The maximum Gasteiger partial charge on any atom is 0.271 e.